The van der Waals surface area contributed by atoms with Crippen molar-refractivity contribution in [3.8, 4) is 0 Å². The van der Waals surface area contributed by atoms with E-state index in [1.54, 1.807) is 0 Å². The van der Waals surface area contributed by atoms with Gasteiger partial charge in [0.15, 0.2) is 6.10 Å². The van der Waals surface area contributed by atoms with Crippen molar-refractivity contribution in [1.82, 2.24) is 0 Å². The van der Waals surface area contributed by atoms with Crippen molar-refractivity contribution < 1.29 is 28.6 Å². The van der Waals surface area contributed by atoms with Gasteiger partial charge in [-0.3, -0.25) is 14.4 Å². The van der Waals surface area contributed by atoms with Crippen molar-refractivity contribution >= 4 is 17.9 Å². The van der Waals surface area contributed by atoms with Crippen LogP contribution in [0.5, 0.6) is 0 Å². The monoisotopic (exact) mass is 977 g/mol. The zero-order chi connectivity index (χ0) is 50.7. The molecule has 0 amide bonds. The highest BCUT2D eigenvalue weighted by Gasteiger charge is 2.19. The van der Waals surface area contributed by atoms with E-state index in [0.29, 0.717) is 19.3 Å². The van der Waals surface area contributed by atoms with Crippen LogP contribution in [0.15, 0.2) is 72.9 Å². The van der Waals surface area contributed by atoms with Gasteiger partial charge in [-0.25, -0.2) is 0 Å². The van der Waals surface area contributed by atoms with E-state index in [-0.39, 0.29) is 31.1 Å². The Morgan fingerprint density at radius 2 is 0.514 bits per heavy atom. The predicted molar refractivity (Wildman–Crippen MR) is 302 cm³/mol. The van der Waals surface area contributed by atoms with E-state index in [1.165, 1.54) is 167 Å². The molecule has 0 radical (unpaired) electrons. The summed E-state index contributed by atoms with van der Waals surface area (Å²) in [7, 11) is 0. The topological polar surface area (TPSA) is 78.9 Å². The van der Waals surface area contributed by atoms with Crippen LogP contribution in [0.2, 0.25) is 0 Å². The Morgan fingerprint density at radius 1 is 0.286 bits per heavy atom. The van der Waals surface area contributed by atoms with Crippen molar-refractivity contribution in [2.75, 3.05) is 13.2 Å². The average molecular weight is 978 g/mol. The first kappa shape index (κ1) is 66.9. The second kappa shape index (κ2) is 58.4. The number of esters is 3. The number of rotatable bonds is 54. The molecule has 0 spiro atoms. The minimum absolute atomic E-state index is 0.0850. The molecule has 0 aliphatic heterocycles. The first-order chi connectivity index (χ1) is 34.5. The number of carbonyl (C=O) groups is 3. The zero-order valence-electron chi connectivity index (χ0n) is 46.3. The van der Waals surface area contributed by atoms with Crippen molar-refractivity contribution in [1.29, 1.82) is 0 Å². The Labute approximate surface area is 433 Å². The summed E-state index contributed by atoms with van der Waals surface area (Å²) in [5.74, 6) is -0.910. The first-order valence-electron chi connectivity index (χ1n) is 29.9. The number of unbranched alkanes of at least 4 members (excludes halogenated alkanes) is 31. The van der Waals surface area contributed by atoms with Gasteiger partial charge in [-0.05, 0) is 96.3 Å². The van der Waals surface area contributed by atoms with E-state index in [2.05, 4.69) is 93.7 Å². The summed E-state index contributed by atoms with van der Waals surface area (Å²) < 4.78 is 16.9. The van der Waals surface area contributed by atoms with Gasteiger partial charge < -0.3 is 14.2 Å². The highest BCUT2D eigenvalue weighted by Crippen LogP contribution is 2.16. The summed E-state index contributed by atoms with van der Waals surface area (Å²) >= 11 is 0. The van der Waals surface area contributed by atoms with Gasteiger partial charge >= 0.3 is 17.9 Å². The molecule has 0 rings (SSSR count). The number of hydrogen-bond donors (Lipinski definition) is 0. The molecule has 0 aliphatic carbocycles. The Hall–Kier alpha value is -3.15. The number of carbonyl (C=O) groups excluding carboxylic acids is 3. The maximum Gasteiger partial charge on any atom is 0.306 e. The van der Waals surface area contributed by atoms with Gasteiger partial charge in [0.2, 0.25) is 0 Å². The Morgan fingerprint density at radius 3 is 0.843 bits per heavy atom. The fourth-order valence-electron chi connectivity index (χ4n) is 8.40. The van der Waals surface area contributed by atoms with E-state index in [0.717, 1.165) is 89.9 Å². The first-order valence-corrected chi connectivity index (χ1v) is 29.9. The number of ether oxygens (including phenoxy) is 3. The second-order valence-corrected chi connectivity index (χ2v) is 19.9. The van der Waals surface area contributed by atoms with Crippen molar-refractivity contribution in [2.24, 2.45) is 0 Å². The van der Waals surface area contributed by atoms with E-state index in [9.17, 15) is 14.4 Å². The minimum Gasteiger partial charge on any atom is -0.462 e. The molecule has 0 aromatic carbocycles. The zero-order valence-corrected chi connectivity index (χ0v) is 46.3. The maximum absolute atomic E-state index is 12.9. The predicted octanol–water partition coefficient (Wildman–Crippen LogP) is 20.2. The molecule has 0 fully saturated rings. The molecule has 0 aliphatic rings. The van der Waals surface area contributed by atoms with Crippen LogP contribution in [0, 0.1) is 0 Å². The van der Waals surface area contributed by atoms with Crippen LogP contribution < -0.4 is 0 Å². The molecule has 0 N–H and O–H groups in total. The van der Waals surface area contributed by atoms with Crippen LogP contribution in [0.25, 0.3) is 0 Å². The third kappa shape index (κ3) is 55.8. The largest absolute Gasteiger partial charge is 0.462 e. The van der Waals surface area contributed by atoms with Crippen LogP contribution in [0.3, 0.4) is 0 Å². The van der Waals surface area contributed by atoms with Gasteiger partial charge in [0.25, 0.3) is 0 Å². The maximum atomic E-state index is 12.9. The number of allylic oxidation sites excluding steroid dienone is 12. The fraction of sp³-hybridized carbons (Fsp3) is 0.766. The van der Waals surface area contributed by atoms with Crippen LogP contribution in [-0.2, 0) is 28.6 Å². The van der Waals surface area contributed by atoms with Crippen molar-refractivity contribution in [3.05, 3.63) is 72.9 Å². The van der Waals surface area contributed by atoms with Crippen LogP contribution in [0.1, 0.15) is 297 Å². The van der Waals surface area contributed by atoms with Crippen molar-refractivity contribution in [3.63, 3.8) is 0 Å². The molecule has 404 valence electrons. The highest BCUT2D eigenvalue weighted by molar-refractivity contribution is 5.71. The summed E-state index contributed by atoms with van der Waals surface area (Å²) in [6.45, 7) is 6.58. The Balaban J connectivity index is 4.42. The molecule has 0 unspecified atom stereocenters. The van der Waals surface area contributed by atoms with Gasteiger partial charge in [0.05, 0.1) is 0 Å². The summed E-state index contributed by atoms with van der Waals surface area (Å²) in [5.41, 5.74) is 0. The van der Waals surface area contributed by atoms with Crippen LogP contribution in [-0.4, -0.2) is 37.2 Å². The fourth-order valence-corrected chi connectivity index (χ4v) is 8.40. The minimum atomic E-state index is -0.790. The quantitative estimate of drug-likeness (QED) is 0.0261. The van der Waals surface area contributed by atoms with Gasteiger partial charge in [-0.15, -0.1) is 0 Å². The molecule has 0 saturated heterocycles. The molecule has 6 heteroatoms. The van der Waals surface area contributed by atoms with Gasteiger partial charge in [-0.2, -0.15) is 0 Å². The Bertz CT molecular complexity index is 1310. The molecule has 6 nitrogen and oxygen atoms in total. The third-order valence-electron chi connectivity index (χ3n) is 12.9. The van der Waals surface area contributed by atoms with E-state index in [4.69, 9.17) is 14.2 Å². The smallest absolute Gasteiger partial charge is 0.306 e. The van der Waals surface area contributed by atoms with Crippen molar-refractivity contribution in [2.45, 2.75) is 303 Å². The lowest BCUT2D eigenvalue weighted by atomic mass is 10.0. The third-order valence-corrected chi connectivity index (χ3v) is 12.9. The molecule has 0 aromatic heterocycles. The lowest BCUT2D eigenvalue weighted by Crippen LogP contribution is -2.30. The van der Waals surface area contributed by atoms with Gasteiger partial charge in [-0.1, -0.05) is 254 Å². The molecule has 1 atom stereocenters. The lowest BCUT2D eigenvalue weighted by Gasteiger charge is -2.18. The summed E-state index contributed by atoms with van der Waals surface area (Å²) in [5, 5.41) is 0. The summed E-state index contributed by atoms with van der Waals surface area (Å²) in [6.07, 6.45) is 74.6. The SMILES string of the molecule is CCCCC/C=C\C/C=C\C/C=C\C/C=C\CCCCCC(=O)OC[C@@H](COC(=O)CCCCCCCCCCCCCCCC)OC(=O)CCCCCCCCCCC/C=C\C/C=C\CCCCC. The van der Waals surface area contributed by atoms with Gasteiger partial charge in [0, 0.05) is 19.3 Å². The van der Waals surface area contributed by atoms with Crippen LogP contribution >= 0.6 is 0 Å². The molecule has 0 bridgehead atoms. The van der Waals surface area contributed by atoms with E-state index < -0.39 is 6.10 Å². The van der Waals surface area contributed by atoms with E-state index in [1.807, 2.05) is 0 Å². The second-order valence-electron chi connectivity index (χ2n) is 19.9. The van der Waals surface area contributed by atoms with Crippen LogP contribution in [0.4, 0.5) is 0 Å². The van der Waals surface area contributed by atoms with Gasteiger partial charge in [0.1, 0.15) is 13.2 Å². The molecule has 70 heavy (non-hydrogen) atoms. The summed E-state index contributed by atoms with van der Waals surface area (Å²) in [4.78, 5) is 38.2. The standard InChI is InChI=1S/C64H112O6/c1-4-7-10-13-16-19-22-25-28-30-32-34-36-39-42-45-48-51-54-57-63(66)69-60-61(59-68-62(65)56-53-50-47-44-41-38-27-24-21-18-15-12-9-6-3)70-64(67)58-55-52-49-46-43-40-37-35-33-31-29-26-23-20-17-14-11-8-5-2/h16-17,19-20,25-26,28-29,32,34,39,42,61H,4-15,18,21-24,27,30-31,33,35-38,40-41,43-60H2,1-3H3/b19-16-,20-17-,28-25-,29-26-,34-32-,42-39-/t61-/m1/s1. The Kier molecular flexibility index (Phi) is 55.8. The molecule has 0 saturated carbocycles. The molecular weight excluding hydrogens is 865 g/mol. The lowest BCUT2D eigenvalue weighted by molar-refractivity contribution is -0.167. The number of hydrogen-bond acceptors (Lipinski definition) is 6. The molecule has 0 aromatic rings. The highest BCUT2D eigenvalue weighted by atomic mass is 16.6. The average Bonchev–Trinajstić information content (AvgIpc) is 3.36. The van der Waals surface area contributed by atoms with E-state index >= 15 is 0 Å². The normalized spacial score (nSPS) is 12.6. The molecule has 0 heterocycles. The molecular formula is C64H112O6. The summed E-state index contributed by atoms with van der Waals surface area (Å²) in [6, 6.07) is 0.